The number of benzene rings is 1. The standard InChI is InChI=1S/C18H22N2O4/c21-17-9-2-1-7-15(17)16-8-4-10-19(16)18(22)12-13-5-3-6-14(11-13)20(23)24/h3,5-6,11,15-16H,1-2,4,7-10,12H2/t15-,16-/m1/s1. The van der Waals surface area contributed by atoms with Gasteiger partial charge in [-0.25, -0.2) is 0 Å². The zero-order valence-electron chi connectivity index (χ0n) is 13.6. The summed E-state index contributed by atoms with van der Waals surface area (Å²) in [5.74, 6) is 0.243. The number of nitro benzene ring substituents is 1. The number of rotatable bonds is 4. The molecule has 0 N–H and O–H groups in total. The third kappa shape index (κ3) is 3.47. The van der Waals surface area contributed by atoms with Crippen LogP contribution in [0.15, 0.2) is 24.3 Å². The minimum absolute atomic E-state index is 0.000676. The second-order valence-electron chi connectivity index (χ2n) is 6.72. The fourth-order valence-corrected chi connectivity index (χ4v) is 3.99. The summed E-state index contributed by atoms with van der Waals surface area (Å²) in [5.41, 5.74) is 0.649. The number of nitrogens with zero attached hydrogens (tertiary/aromatic N) is 2. The molecule has 128 valence electrons. The van der Waals surface area contributed by atoms with Crippen LogP contribution in [-0.2, 0) is 16.0 Å². The lowest BCUT2D eigenvalue weighted by molar-refractivity contribution is -0.384. The van der Waals surface area contributed by atoms with Crippen molar-refractivity contribution in [3.05, 3.63) is 39.9 Å². The molecule has 1 aliphatic heterocycles. The predicted molar refractivity (Wildman–Crippen MR) is 88.5 cm³/mol. The maximum Gasteiger partial charge on any atom is 0.269 e. The van der Waals surface area contributed by atoms with Gasteiger partial charge in [0.1, 0.15) is 5.78 Å². The first kappa shape index (κ1) is 16.6. The van der Waals surface area contributed by atoms with Crippen molar-refractivity contribution in [3.8, 4) is 0 Å². The third-order valence-corrected chi connectivity index (χ3v) is 5.16. The maximum atomic E-state index is 12.7. The van der Waals surface area contributed by atoms with Gasteiger partial charge in [0, 0.05) is 37.1 Å². The molecule has 1 saturated carbocycles. The Hall–Kier alpha value is -2.24. The molecular formula is C18H22N2O4. The zero-order chi connectivity index (χ0) is 17.1. The van der Waals surface area contributed by atoms with Crippen LogP contribution in [0, 0.1) is 16.0 Å². The number of nitro groups is 1. The highest BCUT2D eigenvalue weighted by atomic mass is 16.6. The molecule has 0 radical (unpaired) electrons. The number of carbonyl (C=O) groups excluding carboxylic acids is 2. The van der Waals surface area contributed by atoms with Crippen molar-refractivity contribution < 1.29 is 14.5 Å². The highest BCUT2D eigenvalue weighted by Crippen LogP contribution is 2.32. The fraction of sp³-hybridized carbons (Fsp3) is 0.556. The largest absolute Gasteiger partial charge is 0.339 e. The molecule has 24 heavy (non-hydrogen) atoms. The van der Waals surface area contributed by atoms with E-state index in [-0.39, 0.29) is 30.0 Å². The summed E-state index contributed by atoms with van der Waals surface area (Å²) in [5, 5.41) is 10.9. The average molecular weight is 330 g/mol. The van der Waals surface area contributed by atoms with Crippen LogP contribution in [0.3, 0.4) is 0 Å². The Balaban J connectivity index is 1.70. The number of carbonyl (C=O) groups is 2. The van der Waals surface area contributed by atoms with Crippen molar-refractivity contribution >= 4 is 17.4 Å². The summed E-state index contributed by atoms with van der Waals surface area (Å²) in [6, 6.07) is 6.24. The van der Waals surface area contributed by atoms with E-state index in [0.29, 0.717) is 24.3 Å². The smallest absolute Gasteiger partial charge is 0.269 e. The number of amides is 1. The van der Waals surface area contributed by atoms with Gasteiger partial charge in [-0.15, -0.1) is 0 Å². The Morgan fingerprint density at radius 1 is 1.25 bits per heavy atom. The average Bonchev–Trinajstić information content (AvgIpc) is 3.05. The second-order valence-corrected chi connectivity index (χ2v) is 6.72. The lowest BCUT2D eigenvalue weighted by atomic mass is 9.81. The van der Waals surface area contributed by atoms with E-state index in [0.717, 1.165) is 32.1 Å². The summed E-state index contributed by atoms with van der Waals surface area (Å²) in [6.45, 7) is 0.683. The molecule has 0 bridgehead atoms. The zero-order valence-corrected chi connectivity index (χ0v) is 13.6. The molecule has 1 heterocycles. The number of likely N-dealkylation sites (tertiary alicyclic amines) is 1. The molecular weight excluding hydrogens is 308 g/mol. The SMILES string of the molecule is O=C1CCCC[C@@H]1[C@H]1CCCN1C(=O)Cc1cccc([N+](=O)[O-])c1. The van der Waals surface area contributed by atoms with E-state index in [4.69, 9.17) is 0 Å². The van der Waals surface area contributed by atoms with Crippen LogP contribution in [0.1, 0.15) is 44.1 Å². The maximum absolute atomic E-state index is 12.7. The third-order valence-electron chi connectivity index (χ3n) is 5.16. The van der Waals surface area contributed by atoms with E-state index in [2.05, 4.69) is 0 Å². The minimum Gasteiger partial charge on any atom is -0.339 e. The van der Waals surface area contributed by atoms with E-state index < -0.39 is 4.92 Å². The van der Waals surface area contributed by atoms with Gasteiger partial charge in [-0.2, -0.15) is 0 Å². The first-order valence-corrected chi connectivity index (χ1v) is 8.62. The lowest BCUT2D eigenvalue weighted by Gasteiger charge is -2.33. The van der Waals surface area contributed by atoms with Crippen LogP contribution in [0.5, 0.6) is 0 Å². The van der Waals surface area contributed by atoms with Gasteiger partial charge in [0.25, 0.3) is 5.69 Å². The molecule has 6 heteroatoms. The van der Waals surface area contributed by atoms with E-state index in [1.165, 1.54) is 12.1 Å². The van der Waals surface area contributed by atoms with E-state index in [1.54, 1.807) is 12.1 Å². The Morgan fingerprint density at radius 3 is 2.83 bits per heavy atom. The quantitative estimate of drug-likeness (QED) is 0.628. The minimum atomic E-state index is -0.451. The highest BCUT2D eigenvalue weighted by molar-refractivity contribution is 5.84. The summed E-state index contributed by atoms with van der Waals surface area (Å²) in [4.78, 5) is 37.2. The monoisotopic (exact) mass is 330 g/mol. The molecule has 1 aromatic carbocycles. The van der Waals surface area contributed by atoms with Crippen LogP contribution in [0.4, 0.5) is 5.69 Å². The number of hydrogen-bond donors (Lipinski definition) is 0. The molecule has 1 amide bonds. The molecule has 3 rings (SSSR count). The van der Waals surface area contributed by atoms with Gasteiger partial charge < -0.3 is 4.90 Å². The van der Waals surface area contributed by atoms with E-state index >= 15 is 0 Å². The van der Waals surface area contributed by atoms with Crippen LogP contribution in [-0.4, -0.2) is 34.1 Å². The Kier molecular flexibility index (Phi) is 4.92. The molecule has 2 fully saturated rings. The number of non-ortho nitro benzene ring substituents is 1. The molecule has 0 unspecified atom stereocenters. The second kappa shape index (κ2) is 7.11. The van der Waals surface area contributed by atoms with Crippen LogP contribution in [0.2, 0.25) is 0 Å². The Morgan fingerprint density at radius 2 is 2.08 bits per heavy atom. The topological polar surface area (TPSA) is 80.5 Å². The molecule has 1 aromatic rings. The van der Waals surface area contributed by atoms with Crippen molar-refractivity contribution in [3.63, 3.8) is 0 Å². The summed E-state index contributed by atoms with van der Waals surface area (Å²) < 4.78 is 0. The van der Waals surface area contributed by atoms with Crippen molar-refractivity contribution in [1.82, 2.24) is 4.90 Å². The van der Waals surface area contributed by atoms with Crippen LogP contribution >= 0.6 is 0 Å². The van der Waals surface area contributed by atoms with Gasteiger partial charge in [0.15, 0.2) is 0 Å². The van der Waals surface area contributed by atoms with Gasteiger partial charge >= 0.3 is 0 Å². The summed E-state index contributed by atoms with van der Waals surface area (Å²) >= 11 is 0. The summed E-state index contributed by atoms with van der Waals surface area (Å²) in [7, 11) is 0. The lowest BCUT2D eigenvalue weighted by Crippen LogP contribution is -2.44. The number of hydrogen-bond acceptors (Lipinski definition) is 4. The van der Waals surface area contributed by atoms with Gasteiger partial charge in [0.2, 0.25) is 5.91 Å². The van der Waals surface area contributed by atoms with E-state index in [1.807, 2.05) is 4.90 Å². The van der Waals surface area contributed by atoms with Crippen molar-refractivity contribution in [1.29, 1.82) is 0 Å². The number of Topliss-reactive ketones (excluding diaryl/α,β-unsaturated/α-hetero) is 1. The van der Waals surface area contributed by atoms with Crippen molar-refractivity contribution in [2.45, 2.75) is 51.0 Å². The highest BCUT2D eigenvalue weighted by Gasteiger charge is 2.38. The first-order chi connectivity index (χ1) is 11.6. The molecule has 1 aliphatic carbocycles. The van der Waals surface area contributed by atoms with Crippen LogP contribution < -0.4 is 0 Å². The van der Waals surface area contributed by atoms with Crippen molar-refractivity contribution in [2.24, 2.45) is 5.92 Å². The van der Waals surface area contributed by atoms with E-state index in [9.17, 15) is 19.7 Å². The van der Waals surface area contributed by atoms with Crippen LogP contribution in [0.25, 0.3) is 0 Å². The molecule has 2 atom stereocenters. The normalized spacial score (nSPS) is 24.2. The van der Waals surface area contributed by atoms with Gasteiger partial charge in [-0.05, 0) is 31.2 Å². The number of ketones is 1. The fourth-order valence-electron chi connectivity index (χ4n) is 3.99. The Labute approximate surface area is 141 Å². The molecule has 0 aromatic heterocycles. The molecule has 2 aliphatic rings. The molecule has 0 spiro atoms. The van der Waals surface area contributed by atoms with Gasteiger partial charge in [-0.3, -0.25) is 19.7 Å². The molecule has 6 nitrogen and oxygen atoms in total. The van der Waals surface area contributed by atoms with Gasteiger partial charge in [-0.1, -0.05) is 18.6 Å². The predicted octanol–water partition coefficient (Wildman–Crippen LogP) is 2.89. The van der Waals surface area contributed by atoms with Gasteiger partial charge in [0.05, 0.1) is 11.3 Å². The first-order valence-electron chi connectivity index (χ1n) is 8.62. The Bertz CT molecular complexity index is 658. The summed E-state index contributed by atoms with van der Waals surface area (Å²) in [6.07, 6.45) is 5.49. The molecule has 1 saturated heterocycles. The van der Waals surface area contributed by atoms with Crippen molar-refractivity contribution in [2.75, 3.05) is 6.54 Å².